The molecule has 3 nitrogen and oxygen atoms in total. The number of hydrogen-bond donors (Lipinski definition) is 2. The van der Waals surface area contributed by atoms with Crippen molar-refractivity contribution < 1.29 is 23.0 Å². The molecular formula is C7H14F3NO2. The van der Waals surface area contributed by atoms with E-state index in [-0.39, 0.29) is 12.8 Å². The van der Waals surface area contributed by atoms with Gasteiger partial charge in [0.05, 0.1) is 6.04 Å². The molecule has 0 saturated heterocycles. The van der Waals surface area contributed by atoms with Gasteiger partial charge in [0.1, 0.15) is 0 Å². The fourth-order valence-corrected chi connectivity index (χ4v) is 0.856. The van der Waals surface area contributed by atoms with Crippen molar-refractivity contribution in [2.45, 2.75) is 37.8 Å². The van der Waals surface area contributed by atoms with Gasteiger partial charge in [-0.05, 0) is 12.8 Å². The van der Waals surface area contributed by atoms with Crippen molar-refractivity contribution in [3.8, 4) is 0 Å². The average molecular weight is 201 g/mol. The van der Waals surface area contributed by atoms with Gasteiger partial charge in [0.15, 0.2) is 6.29 Å². The number of halogens is 3. The van der Waals surface area contributed by atoms with Gasteiger partial charge in [-0.15, -0.1) is 0 Å². The number of rotatable bonds is 5. The van der Waals surface area contributed by atoms with Crippen LogP contribution in [0.25, 0.3) is 0 Å². The Balaban J connectivity index is 3.53. The summed E-state index contributed by atoms with van der Waals surface area (Å²) < 4.78 is 39.4. The predicted octanol–water partition coefficient (Wildman–Crippen LogP) is 1.01. The lowest BCUT2D eigenvalue weighted by molar-refractivity contribution is -0.138. The largest absolute Gasteiger partial charge is 0.389 e. The highest BCUT2D eigenvalue weighted by molar-refractivity contribution is 4.65. The molecule has 0 saturated carbocycles. The van der Waals surface area contributed by atoms with E-state index in [1.165, 1.54) is 7.11 Å². The fourth-order valence-electron chi connectivity index (χ4n) is 0.856. The summed E-state index contributed by atoms with van der Waals surface area (Å²) in [6.07, 6.45) is -6.22. The van der Waals surface area contributed by atoms with Crippen molar-refractivity contribution in [3.63, 3.8) is 0 Å². The molecule has 0 aromatic rings. The summed E-state index contributed by atoms with van der Waals surface area (Å²) in [5, 5.41) is 8.93. The fraction of sp³-hybridized carbons (Fsp3) is 1.00. The molecule has 0 spiro atoms. The van der Waals surface area contributed by atoms with Gasteiger partial charge >= 0.3 is 6.18 Å². The second kappa shape index (κ2) is 5.41. The van der Waals surface area contributed by atoms with Crippen molar-refractivity contribution in [2.75, 3.05) is 7.11 Å². The third kappa shape index (κ3) is 6.80. The Labute approximate surface area is 74.7 Å². The maximum atomic E-state index is 11.7. The Morgan fingerprint density at radius 2 is 2.00 bits per heavy atom. The number of nitrogens with two attached hydrogens (primary N) is 1. The first-order chi connectivity index (χ1) is 5.87. The summed E-state index contributed by atoms with van der Waals surface area (Å²) in [5.41, 5.74) is 5.31. The monoisotopic (exact) mass is 201 g/mol. The molecule has 0 amide bonds. The van der Waals surface area contributed by atoms with Crippen molar-refractivity contribution in [2.24, 2.45) is 5.73 Å². The number of alkyl halides is 3. The van der Waals surface area contributed by atoms with Crippen molar-refractivity contribution in [1.82, 2.24) is 0 Å². The van der Waals surface area contributed by atoms with Crippen LogP contribution in [-0.4, -0.2) is 30.7 Å². The van der Waals surface area contributed by atoms with E-state index in [9.17, 15) is 13.2 Å². The third-order valence-electron chi connectivity index (χ3n) is 1.61. The lowest BCUT2D eigenvalue weighted by Gasteiger charge is -2.17. The van der Waals surface area contributed by atoms with Crippen LogP contribution in [0.1, 0.15) is 19.3 Å². The third-order valence-corrected chi connectivity index (χ3v) is 1.61. The molecule has 0 aromatic heterocycles. The van der Waals surface area contributed by atoms with E-state index in [0.717, 1.165) is 0 Å². The highest BCUT2D eigenvalue weighted by Crippen LogP contribution is 2.22. The molecule has 0 aliphatic heterocycles. The maximum Gasteiger partial charge on any atom is 0.389 e. The molecule has 2 atom stereocenters. The van der Waals surface area contributed by atoms with Crippen LogP contribution < -0.4 is 5.73 Å². The minimum Gasteiger partial charge on any atom is -0.367 e. The van der Waals surface area contributed by atoms with Crippen molar-refractivity contribution >= 4 is 0 Å². The van der Waals surface area contributed by atoms with E-state index in [1.807, 2.05) is 0 Å². The van der Waals surface area contributed by atoms with Crippen LogP contribution >= 0.6 is 0 Å². The molecule has 0 radical (unpaired) electrons. The van der Waals surface area contributed by atoms with Crippen LogP contribution in [0.2, 0.25) is 0 Å². The van der Waals surface area contributed by atoms with Gasteiger partial charge in [0.25, 0.3) is 0 Å². The summed E-state index contributed by atoms with van der Waals surface area (Å²) in [5.74, 6) is 0. The van der Waals surface area contributed by atoms with Crippen LogP contribution in [0, 0.1) is 0 Å². The minimum absolute atomic E-state index is 0.0918. The first-order valence-electron chi connectivity index (χ1n) is 3.90. The van der Waals surface area contributed by atoms with Gasteiger partial charge in [-0.2, -0.15) is 13.2 Å². The number of aliphatic hydroxyl groups excluding tert-OH is 1. The zero-order chi connectivity index (χ0) is 10.5. The second-order valence-electron chi connectivity index (χ2n) is 2.80. The Morgan fingerprint density at radius 3 is 2.38 bits per heavy atom. The molecule has 6 heteroatoms. The van der Waals surface area contributed by atoms with Gasteiger partial charge in [-0.25, -0.2) is 0 Å². The van der Waals surface area contributed by atoms with E-state index in [0.29, 0.717) is 0 Å². The van der Waals surface area contributed by atoms with Gasteiger partial charge in [-0.3, -0.25) is 0 Å². The highest BCUT2D eigenvalue weighted by atomic mass is 19.4. The van der Waals surface area contributed by atoms with E-state index in [1.54, 1.807) is 0 Å². The first-order valence-corrected chi connectivity index (χ1v) is 3.90. The summed E-state index contributed by atoms with van der Waals surface area (Å²) in [6, 6.07) is -0.757. The lowest BCUT2D eigenvalue weighted by atomic mass is 10.1. The Morgan fingerprint density at radius 1 is 1.46 bits per heavy atom. The standard InChI is InChI=1S/C7H14F3NO2/c1-13-6(12)5(11)3-2-4-7(8,9)10/h5-6,12H,2-4,11H2,1H3. The normalized spacial score (nSPS) is 17.1. The number of hydrogen-bond acceptors (Lipinski definition) is 3. The topological polar surface area (TPSA) is 55.5 Å². The molecule has 13 heavy (non-hydrogen) atoms. The summed E-state index contributed by atoms with van der Waals surface area (Å²) in [7, 11) is 1.24. The molecule has 80 valence electrons. The maximum absolute atomic E-state index is 11.7. The molecule has 0 rings (SSSR count). The molecule has 0 fully saturated rings. The SMILES string of the molecule is COC(O)C(N)CCCC(F)(F)F. The summed E-state index contributed by atoms with van der Waals surface area (Å²) in [4.78, 5) is 0. The number of ether oxygens (including phenoxy) is 1. The van der Waals surface area contributed by atoms with E-state index in [2.05, 4.69) is 4.74 Å². The first kappa shape index (κ1) is 12.7. The Hall–Kier alpha value is -0.330. The van der Waals surface area contributed by atoms with Gasteiger partial charge in [0, 0.05) is 13.5 Å². The number of aliphatic hydroxyl groups is 1. The quantitative estimate of drug-likeness (QED) is 0.653. The molecule has 0 aliphatic carbocycles. The number of methoxy groups -OCH3 is 1. The van der Waals surface area contributed by atoms with Crippen LogP contribution in [0.5, 0.6) is 0 Å². The summed E-state index contributed by atoms with van der Waals surface area (Å²) >= 11 is 0. The molecule has 0 heterocycles. The van der Waals surface area contributed by atoms with Gasteiger partial charge in [-0.1, -0.05) is 0 Å². The summed E-state index contributed by atoms with van der Waals surface area (Å²) in [6.45, 7) is 0. The van der Waals surface area contributed by atoms with Crippen LogP contribution in [0.4, 0.5) is 13.2 Å². The van der Waals surface area contributed by atoms with Gasteiger partial charge in [0.2, 0.25) is 0 Å². The van der Waals surface area contributed by atoms with E-state index >= 15 is 0 Å². The van der Waals surface area contributed by atoms with Gasteiger partial charge < -0.3 is 15.6 Å². The van der Waals surface area contributed by atoms with Crippen molar-refractivity contribution in [3.05, 3.63) is 0 Å². The van der Waals surface area contributed by atoms with Crippen LogP contribution in [0.3, 0.4) is 0 Å². The van der Waals surface area contributed by atoms with Crippen LogP contribution in [0.15, 0.2) is 0 Å². The molecule has 2 unspecified atom stereocenters. The van der Waals surface area contributed by atoms with E-state index < -0.39 is 24.9 Å². The molecule has 0 bridgehead atoms. The predicted molar refractivity (Wildman–Crippen MR) is 40.9 cm³/mol. The Bertz CT molecular complexity index is 140. The Kier molecular flexibility index (Phi) is 5.27. The smallest absolute Gasteiger partial charge is 0.367 e. The molecule has 3 N–H and O–H groups in total. The minimum atomic E-state index is -4.16. The second-order valence-corrected chi connectivity index (χ2v) is 2.80. The van der Waals surface area contributed by atoms with Crippen LogP contribution in [-0.2, 0) is 4.74 Å². The zero-order valence-corrected chi connectivity index (χ0v) is 7.34. The molecule has 0 aliphatic rings. The highest BCUT2D eigenvalue weighted by Gasteiger charge is 2.27. The molecular weight excluding hydrogens is 187 g/mol. The zero-order valence-electron chi connectivity index (χ0n) is 7.34. The van der Waals surface area contributed by atoms with Crippen molar-refractivity contribution in [1.29, 1.82) is 0 Å². The average Bonchev–Trinajstić information content (AvgIpc) is 2.00. The lowest BCUT2D eigenvalue weighted by Crippen LogP contribution is -2.36. The van der Waals surface area contributed by atoms with E-state index in [4.69, 9.17) is 10.8 Å². The molecule has 0 aromatic carbocycles.